The molecule has 8 nitrogen and oxygen atoms in total. The van der Waals surface area contributed by atoms with Gasteiger partial charge in [-0.1, -0.05) is 11.8 Å². The Bertz CT molecular complexity index is 813. The van der Waals surface area contributed by atoms with E-state index in [0.717, 1.165) is 19.4 Å². The number of rotatable bonds is 4. The zero-order valence-electron chi connectivity index (χ0n) is 14.1. The maximum atomic E-state index is 12.3. The fourth-order valence-corrected chi connectivity index (χ4v) is 3.21. The number of amides is 1. The second-order valence-electron chi connectivity index (χ2n) is 5.87. The van der Waals surface area contributed by atoms with E-state index in [1.165, 1.54) is 11.8 Å². The summed E-state index contributed by atoms with van der Waals surface area (Å²) in [5.41, 5.74) is 1.00. The molecule has 1 saturated heterocycles. The van der Waals surface area contributed by atoms with Crippen molar-refractivity contribution in [3.05, 3.63) is 29.7 Å². The molecule has 3 rings (SSSR count). The molecule has 1 aliphatic rings. The van der Waals surface area contributed by atoms with E-state index >= 15 is 0 Å². The van der Waals surface area contributed by atoms with Gasteiger partial charge in [0.2, 0.25) is 0 Å². The molecule has 2 aromatic rings. The van der Waals surface area contributed by atoms with Gasteiger partial charge in [-0.2, -0.15) is 10.4 Å². The lowest BCUT2D eigenvalue weighted by Crippen LogP contribution is -2.48. The van der Waals surface area contributed by atoms with Crippen LogP contribution in [0.15, 0.2) is 23.7 Å². The predicted octanol–water partition coefficient (Wildman–Crippen LogP) is 1.20. The smallest absolute Gasteiger partial charge is 0.254 e. The highest BCUT2D eigenvalue weighted by Gasteiger charge is 2.25. The van der Waals surface area contributed by atoms with Crippen molar-refractivity contribution in [2.45, 2.75) is 24.0 Å². The molecule has 0 saturated carbocycles. The number of hydrogen-bond acceptors (Lipinski definition) is 7. The molecular weight excluding hydrogens is 338 g/mol. The maximum Gasteiger partial charge on any atom is 0.254 e. The Balaban J connectivity index is 1.73. The van der Waals surface area contributed by atoms with E-state index in [4.69, 9.17) is 0 Å². The molecule has 25 heavy (non-hydrogen) atoms. The zero-order chi connectivity index (χ0) is 17.8. The van der Waals surface area contributed by atoms with Gasteiger partial charge in [-0.25, -0.2) is 9.97 Å². The van der Waals surface area contributed by atoms with Crippen LogP contribution in [-0.4, -0.2) is 51.0 Å². The number of nitriles is 1. The van der Waals surface area contributed by atoms with E-state index in [-0.39, 0.29) is 11.9 Å². The third-order valence-corrected chi connectivity index (χ3v) is 4.63. The van der Waals surface area contributed by atoms with Gasteiger partial charge in [0.05, 0.1) is 18.0 Å². The van der Waals surface area contributed by atoms with Gasteiger partial charge in [0.25, 0.3) is 5.91 Å². The van der Waals surface area contributed by atoms with Crippen molar-refractivity contribution in [3.8, 4) is 6.07 Å². The average molecular weight is 357 g/mol. The van der Waals surface area contributed by atoms with E-state index in [1.54, 1.807) is 30.3 Å². The molecule has 3 heterocycles. The second kappa shape index (κ2) is 7.53. The Morgan fingerprint density at radius 1 is 1.48 bits per heavy atom. The lowest BCUT2D eigenvalue weighted by Gasteiger charge is -2.34. The molecule has 2 aromatic heterocycles. The van der Waals surface area contributed by atoms with Crippen molar-refractivity contribution < 1.29 is 4.79 Å². The highest BCUT2D eigenvalue weighted by atomic mass is 32.2. The van der Waals surface area contributed by atoms with Crippen LogP contribution < -0.4 is 10.2 Å². The van der Waals surface area contributed by atoms with E-state index in [9.17, 15) is 10.1 Å². The number of nitrogens with zero attached hydrogens (tertiary/aromatic N) is 6. The fraction of sp³-hybridized carbons (Fsp3) is 0.438. The molecule has 0 spiro atoms. The Morgan fingerprint density at radius 2 is 2.32 bits per heavy atom. The summed E-state index contributed by atoms with van der Waals surface area (Å²) >= 11 is 1.44. The van der Waals surface area contributed by atoms with E-state index in [2.05, 4.69) is 31.4 Å². The monoisotopic (exact) mass is 357 g/mol. The van der Waals surface area contributed by atoms with E-state index < -0.39 is 0 Å². The van der Waals surface area contributed by atoms with Crippen molar-refractivity contribution in [2.75, 3.05) is 24.2 Å². The molecule has 1 aliphatic heterocycles. The lowest BCUT2D eigenvalue weighted by atomic mass is 10.0. The van der Waals surface area contributed by atoms with E-state index in [1.807, 2.05) is 6.26 Å². The summed E-state index contributed by atoms with van der Waals surface area (Å²) in [6.45, 7) is 1.42. The Hall–Kier alpha value is -2.60. The van der Waals surface area contributed by atoms with Crippen LogP contribution >= 0.6 is 11.8 Å². The first-order chi connectivity index (χ1) is 12.1. The van der Waals surface area contributed by atoms with Gasteiger partial charge < -0.3 is 10.2 Å². The number of aromatic nitrogens is 4. The first-order valence-corrected chi connectivity index (χ1v) is 9.18. The number of hydrogen-bond donors (Lipinski definition) is 1. The van der Waals surface area contributed by atoms with Crippen LogP contribution in [0.1, 0.15) is 28.8 Å². The molecule has 0 radical (unpaired) electrons. The Morgan fingerprint density at radius 3 is 3.00 bits per heavy atom. The quantitative estimate of drug-likeness (QED) is 0.648. The molecular formula is C16H19N7OS. The van der Waals surface area contributed by atoms with Crippen molar-refractivity contribution >= 4 is 23.5 Å². The van der Waals surface area contributed by atoms with Crippen molar-refractivity contribution in [3.63, 3.8) is 0 Å². The first-order valence-electron chi connectivity index (χ1n) is 7.96. The number of aryl methyl sites for hydroxylation is 1. The molecule has 130 valence electrons. The van der Waals surface area contributed by atoms with Crippen LogP contribution in [0.4, 0.5) is 5.82 Å². The normalized spacial score (nSPS) is 17.2. The zero-order valence-corrected chi connectivity index (χ0v) is 15.0. The minimum absolute atomic E-state index is 0.000642. The highest BCUT2D eigenvalue weighted by Crippen LogP contribution is 2.23. The number of thioether (sulfide) groups is 1. The highest BCUT2D eigenvalue weighted by molar-refractivity contribution is 7.98. The predicted molar refractivity (Wildman–Crippen MR) is 94.4 cm³/mol. The van der Waals surface area contributed by atoms with Crippen molar-refractivity contribution in [2.24, 2.45) is 7.05 Å². The van der Waals surface area contributed by atoms with Gasteiger partial charge in [0.15, 0.2) is 11.0 Å². The minimum Gasteiger partial charge on any atom is -0.353 e. The summed E-state index contributed by atoms with van der Waals surface area (Å²) in [6, 6.07) is 2.15. The van der Waals surface area contributed by atoms with Crippen LogP contribution in [0, 0.1) is 11.3 Å². The summed E-state index contributed by atoms with van der Waals surface area (Å²) in [6.07, 6.45) is 8.52. The Kier molecular flexibility index (Phi) is 5.19. The Labute approximate surface area is 150 Å². The van der Waals surface area contributed by atoms with Gasteiger partial charge in [-0.15, -0.1) is 0 Å². The summed E-state index contributed by atoms with van der Waals surface area (Å²) < 4.78 is 1.60. The summed E-state index contributed by atoms with van der Waals surface area (Å²) in [7, 11) is 1.78. The van der Waals surface area contributed by atoms with Crippen LogP contribution in [-0.2, 0) is 7.05 Å². The number of carbonyl (C=O) groups is 1. The molecule has 1 unspecified atom stereocenters. The third-order valence-electron chi connectivity index (χ3n) is 4.07. The van der Waals surface area contributed by atoms with E-state index in [0.29, 0.717) is 28.6 Å². The third kappa shape index (κ3) is 3.91. The molecule has 0 bridgehead atoms. The molecule has 1 amide bonds. The number of piperidine rings is 1. The summed E-state index contributed by atoms with van der Waals surface area (Å²) in [5, 5.41) is 17.0. The molecule has 9 heteroatoms. The number of anilines is 1. The number of carbonyl (C=O) groups excluding carboxylic acids is 1. The van der Waals surface area contributed by atoms with Gasteiger partial charge in [-0.05, 0) is 19.1 Å². The van der Waals surface area contributed by atoms with Crippen molar-refractivity contribution in [1.82, 2.24) is 25.1 Å². The SMILES string of the molecule is CSc1ncc(C#N)c(N2CCCC(NC(=O)c3cnn(C)c3)C2)n1. The molecule has 1 N–H and O–H groups in total. The van der Waals surface area contributed by atoms with Gasteiger partial charge in [0.1, 0.15) is 11.6 Å². The first kappa shape index (κ1) is 17.2. The van der Waals surface area contributed by atoms with Gasteiger partial charge >= 0.3 is 0 Å². The van der Waals surface area contributed by atoms with Gasteiger partial charge in [-0.3, -0.25) is 9.48 Å². The second-order valence-corrected chi connectivity index (χ2v) is 6.64. The molecule has 0 aliphatic carbocycles. The molecule has 1 fully saturated rings. The molecule has 1 atom stereocenters. The van der Waals surface area contributed by atoms with Crippen LogP contribution in [0.3, 0.4) is 0 Å². The summed E-state index contributed by atoms with van der Waals surface area (Å²) in [5.74, 6) is 0.509. The maximum absolute atomic E-state index is 12.3. The topological polar surface area (TPSA) is 99.7 Å². The molecule has 0 aromatic carbocycles. The lowest BCUT2D eigenvalue weighted by molar-refractivity contribution is 0.0933. The summed E-state index contributed by atoms with van der Waals surface area (Å²) in [4.78, 5) is 23.0. The minimum atomic E-state index is -0.132. The average Bonchev–Trinajstić information content (AvgIpc) is 3.08. The van der Waals surface area contributed by atoms with Crippen LogP contribution in [0.5, 0.6) is 0 Å². The standard InChI is InChI=1S/C16H19N7OS/c1-22-9-12(8-19-22)15(24)20-13-4-3-5-23(10-13)14-11(6-17)7-18-16(21-14)25-2/h7-9,13H,3-5,10H2,1-2H3,(H,20,24). The fourth-order valence-electron chi connectivity index (χ4n) is 2.87. The number of nitrogens with one attached hydrogen (secondary N) is 1. The van der Waals surface area contributed by atoms with Crippen LogP contribution in [0.25, 0.3) is 0 Å². The largest absolute Gasteiger partial charge is 0.353 e. The van der Waals surface area contributed by atoms with Gasteiger partial charge in [0, 0.05) is 32.4 Å². The van der Waals surface area contributed by atoms with Crippen LogP contribution in [0.2, 0.25) is 0 Å². The van der Waals surface area contributed by atoms with Crippen molar-refractivity contribution in [1.29, 1.82) is 5.26 Å².